The first-order valence-corrected chi connectivity index (χ1v) is 7.73. The second-order valence-electron chi connectivity index (χ2n) is 4.60. The fourth-order valence-corrected chi connectivity index (χ4v) is 3.67. The van der Waals surface area contributed by atoms with Gasteiger partial charge in [-0.15, -0.1) is 0 Å². The third kappa shape index (κ3) is 2.43. The summed E-state index contributed by atoms with van der Waals surface area (Å²) in [5, 5.41) is 4.04. The number of fused-ring (bicyclic) bond motifs is 1. The number of hydrogen-bond acceptors (Lipinski definition) is 4. The second-order valence-corrected chi connectivity index (χ2v) is 6.06. The van der Waals surface area contributed by atoms with Gasteiger partial charge >= 0.3 is 0 Å². The number of hydrogen-bond donors (Lipinski definition) is 1. The van der Waals surface area contributed by atoms with Gasteiger partial charge in [0.2, 0.25) is 11.8 Å². The average Bonchev–Trinajstić information content (AvgIpc) is 2.79. The first-order chi connectivity index (χ1) is 10.1. The number of ether oxygens (including phenoxy) is 1. The van der Waals surface area contributed by atoms with E-state index in [0.29, 0.717) is 17.3 Å². The summed E-state index contributed by atoms with van der Waals surface area (Å²) in [6, 6.07) is 7.19. The summed E-state index contributed by atoms with van der Waals surface area (Å²) in [6.07, 6.45) is -0.180. The fourth-order valence-electron chi connectivity index (χ4n) is 2.37. The predicted molar refractivity (Wildman–Crippen MR) is 81.0 cm³/mol. The van der Waals surface area contributed by atoms with E-state index in [1.54, 1.807) is 12.1 Å². The highest BCUT2D eigenvalue weighted by molar-refractivity contribution is 8.03. The van der Waals surface area contributed by atoms with Crippen LogP contribution in [0.5, 0.6) is 0 Å². The topological polar surface area (TPSA) is 58.6 Å². The van der Waals surface area contributed by atoms with Gasteiger partial charge in [-0.1, -0.05) is 35.5 Å². The molecule has 2 heterocycles. The zero-order valence-electron chi connectivity index (χ0n) is 11.3. The highest BCUT2D eigenvalue weighted by Crippen LogP contribution is 2.46. The van der Waals surface area contributed by atoms with Gasteiger partial charge in [0.1, 0.15) is 6.42 Å². The van der Waals surface area contributed by atoms with Crippen LogP contribution in [0.25, 0.3) is 5.70 Å². The summed E-state index contributed by atoms with van der Waals surface area (Å²) in [4.78, 5) is 25.5. The summed E-state index contributed by atoms with van der Waals surface area (Å²) in [5.41, 5.74) is 1.55. The summed E-state index contributed by atoms with van der Waals surface area (Å²) in [7, 11) is 0. The van der Waals surface area contributed by atoms with Gasteiger partial charge in [0, 0.05) is 17.0 Å². The van der Waals surface area contributed by atoms with Gasteiger partial charge in [-0.3, -0.25) is 14.5 Å². The van der Waals surface area contributed by atoms with Crippen molar-refractivity contribution in [2.75, 3.05) is 6.61 Å². The van der Waals surface area contributed by atoms with E-state index in [1.807, 2.05) is 24.5 Å². The molecule has 21 heavy (non-hydrogen) atoms. The van der Waals surface area contributed by atoms with Crippen LogP contribution in [0.2, 0.25) is 5.02 Å². The average molecular weight is 325 g/mol. The number of nitrogens with one attached hydrogen (secondary N) is 1. The van der Waals surface area contributed by atoms with Crippen LogP contribution in [0, 0.1) is 0 Å². The van der Waals surface area contributed by atoms with Crippen molar-refractivity contribution in [1.29, 1.82) is 0 Å². The van der Waals surface area contributed by atoms with Gasteiger partial charge in [-0.25, -0.2) is 0 Å². The zero-order chi connectivity index (χ0) is 15.0. The maximum Gasteiger partial charge on any atom is 0.284 e. The fraction of sp³-hybridized carbons (Fsp3) is 0.286. The van der Waals surface area contributed by atoms with E-state index in [2.05, 4.69) is 5.32 Å². The Kier molecular flexibility index (Phi) is 3.69. The van der Waals surface area contributed by atoms with Crippen molar-refractivity contribution >= 4 is 40.9 Å². The molecule has 1 fully saturated rings. The van der Waals surface area contributed by atoms with Crippen LogP contribution < -0.4 is 5.32 Å². The number of carbonyl (C=O) groups is 2. The monoisotopic (exact) mass is 324 g/mol. The van der Waals surface area contributed by atoms with E-state index in [4.69, 9.17) is 16.3 Å². The van der Waals surface area contributed by atoms with Gasteiger partial charge in [-0.05, 0) is 24.6 Å². The highest BCUT2D eigenvalue weighted by atomic mass is 35.5. The number of rotatable bonds is 3. The van der Waals surface area contributed by atoms with Crippen molar-refractivity contribution in [3.05, 3.63) is 40.3 Å². The number of benzene rings is 1. The number of carbonyl (C=O) groups excluding carboxylic acids is 2. The lowest BCUT2D eigenvalue weighted by molar-refractivity contribution is -0.161. The molecule has 0 radical (unpaired) electrons. The molecule has 1 aromatic carbocycles. The zero-order valence-corrected chi connectivity index (χ0v) is 12.8. The van der Waals surface area contributed by atoms with E-state index in [0.717, 1.165) is 5.56 Å². The van der Waals surface area contributed by atoms with E-state index < -0.39 is 5.18 Å². The van der Waals surface area contributed by atoms with Crippen molar-refractivity contribution < 1.29 is 14.3 Å². The van der Waals surface area contributed by atoms with E-state index in [-0.39, 0.29) is 18.2 Å². The Hall–Kier alpha value is -1.50. The molecule has 0 aromatic heterocycles. The maximum absolute atomic E-state index is 12.3. The van der Waals surface area contributed by atoms with Gasteiger partial charge in [0.05, 0.1) is 5.70 Å². The molecule has 1 atom stereocenters. The van der Waals surface area contributed by atoms with Crippen LogP contribution in [0.4, 0.5) is 0 Å². The Labute approximate surface area is 131 Å². The molecule has 2 aliphatic rings. The van der Waals surface area contributed by atoms with Crippen molar-refractivity contribution in [1.82, 2.24) is 10.2 Å². The van der Waals surface area contributed by atoms with E-state index in [1.165, 1.54) is 16.7 Å². The van der Waals surface area contributed by atoms with Crippen LogP contribution in [0.1, 0.15) is 18.9 Å². The Balaban J connectivity index is 1.99. The Bertz CT molecular complexity index is 632. The maximum atomic E-state index is 12.3. The molecule has 1 saturated heterocycles. The SMILES string of the molecule is CCO[C@@]12NC(=O)CC(=O)N1C(c1ccc(Cl)cc1)=CS2. The van der Waals surface area contributed by atoms with Gasteiger partial charge in [0.25, 0.3) is 5.18 Å². The Morgan fingerprint density at radius 3 is 2.76 bits per heavy atom. The molecule has 0 spiro atoms. The molecule has 2 aliphatic heterocycles. The largest absolute Gasteiger partial charge is 0.329 e. The molecule has 2 amide bonds. The number of nitrogens with zero attached hydrogens (tertiary/aromatic N) is 1. The molecule has 1 N–H and O–H groups in total. The molecule has 5 nitrogen and oxygen atoms in total. The van der Waals surface area contributed by atoms with Crippen molar-refractivity contribution in [2.24, 2.45) is 0 Å². The van der Waals surface area contributed by atoms with Crippen molar-refractivity contribution in [2.45, 2.75) is 18.5 Å². The standard InChI is InChI=1S/C14H13ClN2O3S/c1-2-20-14-16-12(18)7-13(19)17(14)11(8-21-14)9-3-5-10(15)6-4-9/h3-6,8H,2,7H2,1H3,(H,16,18)/t14-/m1/s1. The number of amides is 2. The molecule has 1 aromatic rings. The Morgan fingerprint density at radius 2 is 2.10 bits per heavy atom. The molecule has 0 aliphatic carbocycles. The minimum absolute atomic E-state index is 0.180. The van der Waals surface area contributed by atoms with Gasteiger partial charge in [-0.2, -0.15) is 0 Å². The first-order valence-electron chi connectivity index (χ1n) is 6.47. The lowest BCUT2D eigenvalue weighted by Crippen LogP contribution is -2.63. The van der Waals surface area contributed by atoms with Crippen LogP contribution in [0.15, 0.2) is 29.7 Å². The molecular formula is C14H13ClN2O3S. The minimum atomic E-state index is -1.17. The molecular weight excluding hydrogens is 312 g/mol. The molecule has 0 unspecified atom stereocenters. The first kappa shape index (κ1) is 14.4. The number of thioether (sulfide) groups is 1. The normalized spacial score (nSPS) is 24.7. The van der Waals surface area contributed by atoms with Crippen molar-refractivity contribution in [3.8, 4) is 0 Å². The van der Waals surface area contributed by atoms with E-state index in [9.17, 15) is 9.59 Å². The second kappa shape index (κ2) is 5.36. The lowest BCUT2D eigenvalue weighted by atomic mass is 10.1. The summed E-state index contributed by atoms with van der Waals surface area (Å²) in [6.45, 7) is 2.19. The summed E-state index contributed by atoms with van der Waals surface area (Å²) >= 11 is 7.16. The number of halogens is 1. The molecule has 0 bridgehead atoms. The summed E-state index contributed by atoms with van der Waals surface area (Å²) < 4.78 is 5.67. The predicted octanol–water partition coefficient (Wildman–Crippen LogP) is 2.38. The van der Waals surface area contributed by atoms with Crippen LogP contribution in [-0.4, -0.2) is 28.5 Å². The summed E-state index contributed by atoms with van der Waals surface area (Å²) in [5.74, 6) is -0.610. The van der Waals surface area contributed by atoms with Crippen LogP contribution in [0.3, 0.4) is 0 Å². The third-order valence-electron chi connectivity index (χ3n) is 3.20. The Morgan fingerprint density at radius 1 is 1.38 bits per heavy atom. The molecule has 3 rings (SSSR count). The van der Waals surface area contributed by atoms with Crippen molar-refractivity contribution in [3.63, 3.8) is 0 Å². The van der Waals surface area contributed by atoms with Crippen LogP contribution in [-0.2, 0) is 14.3 Å². The lowest BCUT2D eigenvalue weighted by Gasteiger charge is -2.41. The minimum Gasteiger partial charge on any atom is -0.329 e. The molecule has 7 heteroatoms. The molecule has 0 saturated carbocycles. The quantitative estimate of drug-likeness (QED) is 0.867. The molecule has 110 valence electrons. The smallest absolute Gasteiger partial charge is 0.284 e. The van der Waals surface area contributed by atoms with E-state index >= 15 is 0 Å². The van der Waals surface area contributed by atoms with Gasteiger partial charge < -0.3 is 10.1 Å². The third-order valence-corrected chi connectivity index (χ3v) is 4.52. The van der Waals surface area contributed by atoms with Crippen LogP contribution >= 0.6 is 23.4 Å². The van der Waals surface area contributed by atoms with Gasteiger partial charge in [0.15, 0.2) is 0 Å². The highest BCUT2D eigenvalue weighted by Gasteiger charge is 2.52.